The van der Waals surface area contributed by atoms with E-state index in [0.717, 1.165) is 22.5 Å². The number of aliphatic hydroxyl groups is 1. The summed E-state index contributed by atoms with van der Waals surface area (Å²) in [6, 6.07) is 13.8. The van der Waals surface area contributed by atoms with E-state index in [1.165, 1.54) is 0 Å². The highest BCUT2D eigenvalue weighted by molar-refractivity contribution is 6.07. The lowest BCUT2D eigenvalue weighted by Gasteiger charge is -2.40. The lowest BCUT2D eigenvalue weighted by atomic mass is 9.77. The predicted octanol–water partition coefficient (Wildman–Crippen LogP) is 3.80. The molecular formula is C34H39N3O5. The number of aryl methyl sites for hydroxylation is 2. The largest absolute Gasteiger partial charge is 0.394 e. The normalized spacial score (nSPS) is 30.1. The molecule has 0 bridgehead atoms. The van der Waals surface area contributed by atoms with Crippen LogP contribution in [0.4, 0.5) is 11.4 Å². The molecule has 1 unspecified atom stereocenters. The number of amides is 3. The first-order valence-corrected chi connectivity index (χ1v) is 14.9. The molecule has 3 amide bonds. The van der Waals surface area contributed by atoms with Gasteiger partial charge in [-0.05, 0) is 49.1 Å². The van der Waals surface area contributed by atoms with Crippen LogP contribution in [0.3, 0.4) is 0 Å². The van der Waals surface area contributed by atoms with E-state index in [1.807, 2.05) is 101 Å². The average Bonchev–Trinajstić information content (AvgIpc) is 3.30. The quantitative estimate of drug-likeness (QED) is 0.535. The van der Waals surface area contributed by atoms with Gasteiger partial charge in [0.05, 0.1) is 30.6 Å². The van der Waals surface area contributed by atoms with Crippen LogP contribution in [0.25, 0.3) is 0 Å². The number of likely N-dealkylation sites (tertiary alicyclic amines) is 1. The first kappa shape index (κ1) is 28.4. The van der Waals surface area contributed by atoms with Gasteiger partial charge in [-0.3, -0.25) is 14.4 Å². The molecule has 7 atom stereocenters. The first-order chi connectivity index (χ1) is 20.2. The Labute approximate surface area is 247 Å². The smallest absolute Gasteiger partial charge is 0.253 e. The summed E-state index contributed by atoms with van der Waals surface area (Å²) >= 11 is 0. The Bertz CT molecular complexity index is 1450. The fourth-order valence-corrected chi connectivity index (χ4v) is 7.31. The molecule has 42 heavy (non-hydrogen) atoms. The Kier molecular flexibility index (Phi) is 7.31. The van der Waals surface area contributed by atoms with Crippen molar-refractivity contribution >= 4 is 29.1 Å². The average molecular weight is 570 g/mol. The van der Waals surface area contributed by atoms with E-state index < -0.39 is 35.6 Å². The summed E-state index contributed by atoms with van der Waals surface area (Å²) in [7, 11) is 0. The third kappa shape index (κ3) is 4.23. The van der Waals surface area contributed by atoms with Gasteiger partial charge in [-0.15, -0.1) is 0 Å². The summed E-state index contributed by atoms with van der Waals surface area (Å²) in [5.74, 6) is -2.59. The molecule has 2 saturated heterocycles. The van der Waals surface area contributed by atoms with Gasteiger partial charge in [-0.2, -0.15) is 0 Å². The van der Waals surface area contributed by atoms with E-state index in [1.54, 1.807) is 14.7 Å². The molecule has 0 aromatic heterocycles. The summed E-state index contributed by atoms with van der Waals surface area (Å²) in [6.45, 7) is 8.32. The van der Waals surface area contributed by atoms with Crippen molar-refractivity contribution in [2.75, 3.05) is 29.5 Å². The Balaban J connectivity index is 1.50. The van der Waals surface area contributed by atoms with Crippen LogP contribution in [0.15, 0.2) is 72.8 Å². The lowest BCUT2D eigenvalue weighted by Crippen LogP contribution is -2.59. The molecule has 1 spiro atoms. The van der Waals surface area contributed by atoms with Gasteiger partial charge < -0.3 is 24.5 Å². The Morgan fingerprint density at radius 3 is 2.43 bits per heavy atom. The second-order valence-electron chi connectivity index (χ2n) is 12.1. The zero-order chi connectivity index (χ0) is 29.8. The highest BCUT2D eigenvalue weighted by Gasteiger charge is 2.72. The van der Waals surface area contributed by atoms with Crippen molar-refractivity contribution in [1.29, 1.82) is 0 Å². The molecule has 0 aliphatic carbocycles. The second kappa shape index (κ2) is 10.8. The molecule has 8 heteroatoms. The minimum atomic E-state index is -1.35. The Morgan fingerprint density at radius 1 is 0.976 bits per heavy atom. The van der Waals surface area contributed by atoms with Crippen molar-refractivity contribution in [3.63, 3.8) is 0 Å². The molecule has 8 nitrogen and oxygen atoms in total. The van der Waals surface area contributed by atoms with Gasteiger partial charge in [-0.25, -0.2) is 0 Å². The monoisotopic (exact) mass is 569 g/mol. The Morgan fingerprint density at radius 2 is 1.71 bits per heavy atom. The molecule has 6 rings (SSSR count). The highest BCUT2D eigenvalue weighted by Crippen LogP contribution is 2.54. The summed E-state index contributed by atoms with van der Waals surface area (Å²) in [4.78, 5) is 48.8. The number of nitrogens with zero attached hydrogens (tertiary/aromatic N) is 3. The van der Waals surface area contributed by atoms with Crippen LogP contribution in [0.1, 0.15) is 31.4 Å². The molecule has 2 aromatic carbocycles. The van der Waals surface area contributed by atoms with E-state index in [0.29, 0.717) is 19.5 Å². The summed E-state index contributed by atoms with van der Waals surface area (Å²) in [6.07, 6.45) is 7.58. The number of carbonyl (C=O) groups is 3. The molecule has 4 heterocycles. The van der Waals surface area contributed by atoms with E-state index in [-0.39, 0.29) is 30.2 Å². The summed E-state index contributed by atoms with van der Waals surface area (Å²) < 4.78 is 6.80. The van der Waals surface area contributed by atoms with Crippen LogP contribution in [0, 0.1) is 31.6 Å². The van der Waals surface area contributed by atoms with Gasteiger partial charge in [0.1, 0.15) is 11.6 Å². The number of carbonyl (C=O) groups excluding carboxylic acids is 3. The van der Waals surface area contributed by atoms with Gasteiger partial charge in [0.15, 0.2) is 0 Å². The van der Waals surface area contributed by atoms with E-state index in [9.17, 15) is 19.5 Å². The number of hydrogen-bond donors (Lipinski definition) is 1. The zero-order valence-corrected chi connectivity index (χ0v) is 24.6. The van der Waals surface area contributed by atoms with Crippen LogP contribution in [-0.4, -0.2) is 71.2 Å². The van der Waals surface area contributed by atoms with Crippen molar-refractivity contribution in [2.24, 2.45) is 17.8 Å². The topological polar surface area (TPSA) is 90.4 Å². The molecule has 2 fully saturated rings. The van der Waals surface area contributed by atoms with Crippen LogP contribution in [0.5, 0.6) is 0 Å². The number of anilines is 2. The summed E-state index contributed by atoms with van der Waals surface area (Å²) in [5.41, 5.74) is 2.14. The molecule has 1 N–H and O–H groups in total. The van der Waals surface area contributed by atoms with E-state index in [2.05, 4.69) is 0 Å². The third-order valence-corrected chi connectivity index (χ3v) is 9.67. The first-order valence-electron chi connectivity index (χ1n) is 14.9. The number of hydrogen-bond acceptors (Lipinski definition) is 5. The fourth-order valence-electron chi connectivity index (χ4n) is 7.31. The van der Waals surface area contributed by atoms with Crippen molar-refractivity contribution in [3.05, 3.63) is 84.0 Å². The minimum absolute atomic E-state index is 0.0784. The minimum Gasteiger partial charge on any atom is -0.394 e. The predicted molar refractivity (Wildman–Crippen MR) is 161 cm³/mol. The van der Waals surface area contributed by atoms with E-state index >= 15 is 0 Å². The molecule has 220 valence electrons. The SMILES string of the molecule is CC[C@H](C)[C@H](CO)N1C(=O)[C@@H]2[C@H]3C(=O)N(c4ccccc4)CC=C[C@H]3O[C@@]23C=CCN(c2cc(C)ccc2C)C(=O)C13. The number of ether oxygens (including phenoxy) is 1. The highest BCUT2D eigenvalue weighted by atomic mass is 16.5. The molecule has 0 saturated carbocycles. The molecule has 0 radical (unpaired) electrons. The molecule has 4 aliphatic heterocycles. The number of fused-ring (bicyclic) bond motifs is 2. The maximum atomic E-state index is 14.8. The molecule has 2 aromatic rings. The summed E-state index contributed by atoms with van der Waals surface area (Å²) in [5, 5.41) is 10.6. The number of rotatable bonds is 6. The second-order valence-corrected chi connectivity index (χ2v) is 12.1. The van der Waals surface area contributed by atoms with Crippen molar-refractivity contribution in [2.45, 2.75) is 57.9 Å². The van der Waals surface area contributed by atoms with Crippen LogP contribution < -0.4 is 9.80 Å². The standard InChI is InChI=1S/C34H39N3O5/c1-5-22(3)26(20-38)37-30-33(41)36(25-19-21(2)14-15-23(25)4)18-10-16-34(30)29(32(37)40)28-27(42-34)13-9-17-35(31(28)39)24-11-7-6-8-12-24/h6-16,19,22,26-30,38H,5,17-18,20H2,1-4H3/t22-,26-,27+,28-,29-,30?,34-/m0/s1. The third-order valence-electron chi connectivity index (χ3n) is 9.67. The van der Waals surface area contributed by atoms with E-state index in [4.69, 9.17) is 4.74 Å². The maximum Gasteiger partial charge on any atom is 0.253 e. The van der Waals surface area contributed by atoms with Crippen molar-refractivity contribution in [1.82, 2.24) is 4.90 Å². The van der Waals surface area contributed by atoms with Crippen molar-refractivity contribution < 1.29 is 24.2 Å². The van der Waals surface area contributed by atoms with Crippen LogP contribution in [0.2, 0.25) is 0 Å². The lowest BCUT2D eigenvalue weighted by molar-refractivity contribution is -0.145. The number of aliphatic hydroxyl groups excluding tert-OH is 1. The zero-order valence-electron chi connectivity index (χ0n) is 24.6. The van der Waals surface area contributed by atoms with Gasteiger partial charge in [0, 0.05) is 24.5 Å². The fraction of sp³-hybridized carbons (Fsp3) is 0.441. The van der Waals surface area contributed by atoms with Gasteiger partial charge in [0.25, 0.3) is 5.91 Å². The van der Waals surface area contributed by atoms with Gasteiger partial charge >= 0.3 is 0 Å². The Hall–Kier alpha value is -3.75. The van der Waals surface area contributed by atoms with Crippen molar-refractivity contribution in [3.8, 4) is 0 Å². The molecular weight excluding hydrogens is 530 g/mol. The molecule has 4 aliphatic rings. The van der Waals surface area contributed by atoms with Gasteiger partial charge in [-0.1, -0.05) is 74.9 Å². The number of benzene rings is 2. The van der Waals surface area contributed by atoms with Crippen LogP contribution in [-0.2, 0) is 19.1 Å². The van der Waals surface area contributed by atoms with Crippen LogP contribution >= 0.6 is 0 Å². The van der Waals surface area contributed by atoms with Gasteiger partial charge in [0.2, 0.25) is 11.8 Å². The maximum absolute atomic E-state index is 14.8. The number of para-hydroxylation sites is 1.